The average molecular weight is 300 g/mol. The van der Waals surface area contributed by atoms with Gasteiger partial charge >= 0.3 is 0 Å². The van der Waals surface area contributed by atoms with E-state index < -0.39 is 0 Å². The van der Waals surface area contributed by atoms with Gasteiger partial charge in [0.2, 0.25) is 0 Å². The van der Waals surface area contributed by atoms with Gasteiger partial charge in [0.05, 0.1) is 17.7 Å². The Morgan fingerprint density at radius 3 is 2.88 bits per heavy atom. The minimum Gasteiger partial charge on any atom is -0.490 e. The third-order valence-electron chi connectivity index (χ3n) is 2.53. The second-order valence-electron chi connectivity index (χ2n) is 3.77. The van der Waals surface area contributed by atoms with Crippen molar-refractivity contribution in [1.82, 2.24) is 0 Å². The van der Waals surface area contributed by atoms with Crippen LogP contribution in [0.4, 0.5) is 0 Å². The Balaban J connectivity index is 2.37. The fourth-order valence-electron chi connectivity index (χ4n) is 1.68. The Kier molecular flexibility index (Phi) is 4.02. The number of hydrogen-bond donors (Lipinski definition) is 1. The summed E-state index contributed by atoms with van der Waals surface area (Å²) < 4.78 is 11.8. The molecule has 1 aromatic carbocycles. The molecule has 2 N–H and O–H groups in total. The molecule has 4 nitrogen and oxygen atoms in total. The van der Waals surface area contributed by atoms with E-state index in [1.165, 1.54) is 0 Å². The van der Waals surface area contributed by atoms with Gasteiger partial charge in [-0.1, -0.05) is 0 Å². The summed E-state index contributed by atoms with van der Waals surface area (Å²) in [5.74, 6) is 1.30. The summed E-state index contributed by atoms with van der Waals surface area (Å²) in [6.07, 6.45) is 1.17. The molecule has 2 rings (SSSR count). The van der Waals surface area contributed by atoms with E-state index in [1.54, 1.807) is 12.1 Å². The Labute approximate surface area is 108 Å². The summed E-state index contributed by atoms with van der Waals surface area (Å²) in [5.41, 5.74) is 5.98. The minimum absolute atomic E-state index is 0.00928. The van der Waals surface area contributed by atoms with E-state index in [4.69, 9.17) is 15.2 Å². The van der Waals surface area contributed by atoms with Gasteiger partial charge in [-0.2, -0.15) is 0 Å². The van der Waals surface area contributed by atoms with Crippen LogP contribution in [0.3, 0.4) is 0 Å². The van der Waals surface area contributed by atoms with Gasteiger partial charge in [-0.25, -0.2) is 0 Å². The van der Waals surface area contributed by atoms with Crippen molar-refractivity contribution in [2.75, 3.05) is 19.8 Å². The topological polar surface area (TPSA) is 61.6 Å². The van der Waals surface area contributed by atoms with E-state index in [-0.39, 0.29) is 5.78 Å². The second kappa shape index (κ2) is 5.51. The van der Waals surface area contributed by atoms with E-state index in [0.29, 0.717) is 47.7 Å². The monoisotopic (exact) mass is 299 g/mol. The highest BCUT2D eigenvalue weighted by Gasteiger charge is 2.19. The first-order valence-electron chi connectivity index (χ1n) is 5.55. The van der Waals surface area contributed by atoms with E-state index in [1.807, 2.05) is 0 Å². The first-order valence-corrected chi connectivity index (χ1v) is 6.34. The highest BCUT2D eigenvalue weighted by molar-refractivity contribution is 9.10. The Bertz CT molecular complexity index is 434. The molecule has 0 radical (unpaired) electrons. The Morgan fingerprint density at radius 1 is 1.35 bits per heavy atom. The van der Waals surface area contributed by atoms with Gasteiger partial charge in [-0.05, 0) is 34.6 Å². The van der Waals surface area contributed by atoms with Crippen LogP contribution in [0.1, 0.15) is 23.2 Å². The maximum Gasteiger partial charge on any atom is 0.176 e. The summed E-state index contributed by atoms with van der Waals surface area (Å²) in [7, 11) is 0. The van der Waals surface area contributed by atoms with E-state index in [2.05, 4.69) is 15.9 Å². The fraction of sp³-hybridized carbons (Fsp3) is 0.417. The van der Waals surface area contributed by atoms with Crippen molar-refractivity contribution in [3.05, 3.63) is 22.2 Å². The molecule has 17 heavy (non-hydrogen) atoms. The van der Waals surface area contributed by atoms with Crippen molar-refractivity contribution in [2.24, 2.45) is 5.73 Å². The number of halogens is 1. The predicted octanol–water partition coefficient (Wildman–Crippen LogP) is 2.14. The van der Waals surface area contributed by atoms with Crippen LogP contribution in [0.15, 0.2) is 16.6 Å². The molecule has 0 atom stereocenters. The number of fused-ring (bicyclic) bond motifs is 1. The fourth-order valence-corrected chi connectivity index (χ4v) is 2.35. The zero-order valence-electron chi connectivity index (χ0n) is 9.37. The number of hydrogen-bond acceptors (Lipinski definition) is 4. The molecule has 0 aromatic heterocycles. The Morgan fingerprint density at radius 2 is 2.12 bits per heavy atom. The number of rotatable bonds is 3. The van der Waals surface area contributed by atoms with Gasteiger partial charge < -0.3 is 15.2 Å². The molecule has 1 aliphatic heterocycles. The number of ketones is 1. The van der Waals surface area contributed by atoms with Crippen molar-refractivity contribution in [1.29, 1.82) is 0 Å². The van der Waals surface area contributed by atoms with Gasteiger partial charge in [0, 0.05) is 18.4 Å². The van der Waals surface area contributed by atoms with E-state index in [9.17, 15) is 4.79 Å². The van der Waals surface area contributed by atoms with Crippen LogP contribution in [0.5, 0.6) is 11.5 Å². The maximum atomic E-state index is 11.8. The standard InChI is InChI=1S/C12H14BrNO3/c13-11-8(9(15)4-5-14)2-3-10-12(11)17-7-1-6-16-10/h2-3H,1,4-7,14H2. The maximum absolute atomic E-state index is 11.8. The number of Topliss-reactive ketones (excluding diaryl/α,β-unsaturated/α-hetero) is 1. The quantitative estimate of drug-likeness (QED) is 0.869. The normalized spacial score (nSPS) is 14.2. The molecule has 0 saturated carbocycles. The smallest absolute Gasteiger partial charge is 0.176 e. The lowest BCUT2D eigenvalue weighted by Crippen LogP contribution is -2.09. The molecule has 0 spiro atoms. The van der Waals surface area contributed by atoms with Crippen LogP contribution >= 0.6 is 15.9 Å². The zero-order chi connectivity index (χ0) is 12.3. The van der Waals surface area contributed by atoms with Crippen LogP contribution in [-0.2, 0) is 0 Å². The average Bonchev–Trinajstić information content (AvgIpc) is 2.55. The molecule has 1 aliphatic rings. The predicted molar refractivity (Wildman–Crippen MR) is 67.8 cm³/mol. The third kappa shape index (κ3) is 2.61. The second-order valence-corrected chi connectivity index (χ2v) is 4.56. The van der Waals surface area contributed by atoms with Crippen LogP contribution in [0, 0.1) is 0 Å². The summed E-state index contributed by atoms with van der Waals surface area (Å²) in [6.45, 7) is 1.58. The van der Waals surface area contributed by atoms with Crippen LogP contribution < -0.4 is 15.2 Å². The van der Waals surface area contributed by atoms with Crippen LogP contribution in [0.25, 0.3) is 0 Å². The molecular weight excluding hydrogens is 286 g/mol. The third-order valence-corrected chi connectivity index (χ3v) is 3.31. The van der Waals surface area contributed by atoms with Gasteiger partial charge in [-0.15, -0.1) is 0 Å². The van der Waals surface area contributed by atoms with Crippen LogP contribution in [0.2, 0.25) is 0 Å². The van der Waals surface area contributed by atoms with E-state index >= 15 is 0 Å². The zero-order valence-corrected chi connectivity index (χ0v) is 11.0. The molecule has 1 heterocycles. The molecular formula is C12H14BrNO3. The summed E-state index contributed by atoms with van der Waals surface area (Å²) >= 11 is 3.41. The first kappa shape index (κ1) is 12.4. The van der Waals surface area contributed by atoms with Crippen molar-refractivity contribution >= 4 is 21.7 Å². The van der Waals surface area contributed by atoms with E-state index in [0.717, 1.165) is 6.42 Å². The summed E-state index contributed by atoms with van der Waals surface area (Å²) in [4.78, 5) is 11.8. The molecule has 92 valence electrons. The van der Waals surface area contributed by atoms with Gasteiger partial charge in [0.25, 0.3) is 0 Å². The minimum atomic E-state index is 0.00928. The van der Waals surface area contributed by atoms with Gasteiger partial charge in [0.15, 0.2) is 17.3 Å². The number of ether oxygens (including phenoxy) is 2. The lowest BCUT2D eigenvalue weighted by Gasteiger charge is -2.12. The molecule has 0 unspecified atom stereocenters. The molecule has 0 bridgehead atoms. The molecule has 0 amide bonds. The lowest BCUT2D eigenvalue weighted by molar-refractivity contribution is 0.0984. The molecule has 0 aliphatic carbocycles. The molecule has 0 saturated heterocycles. The number of nitrogens with two attached hydrogens (primary N) is 1. The molecule has 0 fully saturated rings. The number of benzene rings is 1. The molecule has 5 heteroatoms. The lowest BCUT2D eigenvalue weighted by atomic mass is 10.1. The Hall–Kier alpha value is -1.07. The SMILES string of the molecule is NCCC(=O)c1ccc2c(c1Br)OCCCO2. The highest BCUT2D eigenvalue weighted by atomic mass is 79.9. The summed E-state index contributed by atoms with van der Waals surface area (Å²) in [5, 5.41) is 0. The van der Waals surface area contributed by atoms with Crippen molar-refractivity contribution in [3.8, 4) is 11.5 Å². The van der Waals surface area contributed by atoms with Crippen molar-refractivity contribution < 1.29 is 14.3 Å². The number of carbonyl (C=O) groups excluding carboxylic acids is 1. The van der Waals surface area contributed by atoms with Gasteiger partial charge in [0.1, 0.15) is 0 Å². The van der Waals surface area contributed by atoms with Gasteiger partial charge in [-0.3, -0.25) is 4.79 Å². The van der Waals surface area contributed by atoms with Crippen molar-refractivity contribution in [2.45, 2.75) is 12.8 Å². The highest BCUT2D eigenvalue weighted by Crippen LogP contribution is 2.39. The largest absolute Gasteiger partial charge is 0.490 e. The summed E-state index contributed by atoms with van der Waals surface area (Å²) in [6, 6.07) is 3.52. The van der Waals surface area contributed by atoms with Crippen LogP contribution in [-0.4, -0.2) is 25.5 Å². The molecule has 1 aromatic rings. The van der Waals surface area contributed by atoms with Crippen molar-refractivity contribution in [3.63, 3.8) is 0 Å². The number of carbonyl (C=O) groups is 1. The first-order chi connectivity index (χ1) is 8.24.